The number of amides is 1. The Kier molecular flexibility index (Phi) is 7.92. The van der Waals surface area contributed by atoms with Gasteiger partial charge >= 0.3 is 0 Å². The Bertz CT molecular complexity index is 1190. The first-order valence-electron chi connectivity index (χ1n) is 11.2. The summed E-state index contributed by atoms with van der Waals surface area (Å²) in [6.45, 7) is 0.619. The van der Waals surface area contributed by atoms with Gasteiger partial charge in [-0.15, -0.1) is 0 Å². The normalized spacial score (nSPS) is 11.6. The number of benzene rings is 1. The lowest BCUT2D eigenvalue weighted by Gasteiger charge is -2.20. The van der Waals surface area contributed by atoms with Crippen LogP contribution in [0.25, 0.3) is 11.1 Å². The molecular weight excluding hydrogens is 426 g/mol. The van der Waals surface area contributed by atoms with E-state index >= 15 is 0 Å². The van der Waals surface area contributed by atoms with Gasteiger partial charge in [0.05, 0.1) is 13.2 Å². The number of nitrogens with zero attached hydrogens (tertiary/aromatic N) is 3. The van der Waals surface area contributed by atoms with E-state index in [0.717, 1.165) is 28.8 Å². The SMILES string of the molecule is COc1ncc(-c2ccncc2)cc1NC(=O)[C@H](Cc1ccccc1)NCCc1ccccn1. The second kappa shape index (κ2) is 11.7. The summed E-state index contributed by atoms with van der Waals surface area (Å²) in [5.41, 5.74) is 4.39. The highest BCUT2D eigenvalue weighted by atomic mass is 16.5. The first-order chi connectivity index (χ1) is 16.7. The number of pyridine rings is 3. The van der Waals surface area contributed by atoms with E-state index < -0.39 is 6.04 Å². The predicted molar refractivity (Wildman–Crippen MR) is 133 cm³/mol. The first kappa shape index (κ1) is 23.1. The van der Waals surface area contributed by atoms with Gasteiger partial charge in [-0.25, -0.2) is 4.98 Å². The standard InChI is InChI=1S/C27H27N5O2/c1-34-27-25(18-22(19-31-27)21-10-14-28-15-11-21)32-26(33)24(17-20-7-3-2-4-8-20)30-16-12-23-9-5-6-13-29-23/h2-11,13-15,18-19,24,30H,12,16-17H2,1H3,(H,32,33)/t24-/m0/s1. The van der Waals surface area contributed by atoms with Gasteiger partial charge in [0.15, 0.2) is 0 Å². The van der Waals surface area contributed by atoms with Crippen LogP contribution in [-0.4, -0.2) is 40.6 Å². The van der Waals surface area contributed by atoms with Gasteiger partial charge in [0, 0.05) is 49.0 Å². The molecule has 0 fully saturated rings. The van der Waals surface area contributed by atoms with Crippen LogP contribution in [0.5, 0.6) is 5.88 Å². The lowest BCUT2D eigenvalue weighted by Crippen LogP contribution is -2.43. The lowest BCUT2D eigenvalue weighted by atomic mass is 10.0. The van der Waals surface area contributed by atoms with Crippen LogP contribution >= 0.6 is 0 Å². The number of rotatable bonds is 10. The van der Waals surface area contributed by atoms with Gasteiger partial charge in [-0.3, -0.25) is 14.8 Å². The highest BCUT2D eigenvalue weighted by Crippen LogP contribution is 2.28. The molecule has 0 unspecified atom stereocenters. The Labute approximate surface area is 199 Å². The van der Waals surface area contributed by atoms with E-state index in [1.54, 1.807) is 24.8 Å². The molecule has 0 aliphatic carbocycles. The van der Waals surface area contributed by atoms with Gasteiger partial charge in [0.1, 0.15) is 5.69 Å². The first-order valence-corrected chi connectivity index (χ1v) is 11.2. The molecule has 0 aliphatic rings. The number of nitrogens with one attached hydrogen (secondary N) is 2. The van der Waals surface area contributed by atoms with Gasteiger partial charge in [0.2, 0.25) is 11.8 Å². The molecule has 1 amide bonds. The van der Waals surface area contributed by atoms with E-state index in [1.807, 2.05) is 66.7 Å². The third-order valence-corrected chi connectivity index (χ3v) is 5.41. The zero-order chi connectivity index (χ0) is 23.6. The van der Waals surface area contributed by atoms with Crippen molar-refractivity contribution in [2.75, 3.05) is 19.0 Å². The molecule has 0 radical (unpaired) electrons. The van der Waals surface area contributed by atoms with Gasteiger partial charge in [-0.1, -0.05) is 36.4 Å². The summed E-state index contributed by atoms with van der Waals surface area (Å²) < 4.78 is 5.41. The molecule has 4 aromatic rings. The van der Waals surface area contributed by atoms with Gasteiger partial charge in [0.25, 0.3) is 0 Å². The van der Waals surface area contributed by atoms with Crippen molar-refractivity contribution < 1.29 is 9.53 Å². The van der Waals surface area contributed by atoms with Crippen molar-refractivity contribution in [3.05, 3.63) is 103 Å². The second-order valence-electron chi connectivity index (χ2n) is 7.77. The molecule has 7 nitrogen and oxygen atoms in total. The number of carbonyl (C=O) groups excluding carboxylic acids is 1. The van der Waals surface area contributed by atoms with Crippen molar-refractivity contribution in [2.45, 2.75) is 18.9 Å². The van der Waals surface area contributed by atoms with Crippen molar-refractivity contribution in [3.8, 4) is 17.0 Å². The molecule has 172 valence electrons. The molecule has 3 aromatic heterocycles. The van der Waals surface area contributed by atoms with E-state index in [2.05, 4.69) is 25.6 Å². The molecular formula is C27H27N5O2. The summed E-state index contributed by atoms with van der Waals surface area (Å²) in [5.74, 6) is 0.204. The lowest BCUT2D eigenvalue weighted by molar-refractivity contribution is -0.118. The highest BCUT2D eigenvalue weighted by Gasteiger charge is 2.21. The number of methoxy groups -OCH3 is 1. The second-order valence-corrected chi connectivity index (χ2v) is 7.77. The summed E-state index contributed by atoms with van der Waals surface area (Å²) in [6, 6.07) is 21.0. The number of aromatic nitrogens is 3. The minimum absolute atomic E-state index is 0.156. The maximum atomic E-state index is 13.4. The summed E-state index contributed by atoms with van der Waals surface area (Å²) >= 11 is 0. The molecule has 2 N–H and O–H groups in total. The Morgan fingerprint density at radius 1 is 0.941 bits per heavy atom. The fraction of sp³-hybridized carbons (Fsp3) is 0.185. The van der Waals surface area contributed by atoms with Crippen molar-refractivity contribution in [1.29, 1.82) is 0 Å². The molecule has 0 saturated heterocycles. The summed E-state index contributed by atoms with van der Waals surface area (Å²) in [6.07, 6.45) is 8.21. The Morgan fingerprint density at radius 3 is 2.47 bits per heavy atom. The Hall–Kier alpha value is -4.10. The molecule has 1 aromatic carbocycles. The van der Waals surface area contributed by atoms with Crippen molar-refractivity contribution in [2.24, 2.45) is 0 Å². The molecule has 0 spiro atoms. The van der Waals surface area contributed by atoms with Crippen LogP contribution in [0.1, 0.15) is 11.3 Å². The minimum Gasteiger partial charge on any atom is -0.480 e. The van der Waals surface area contributed by atoms with Crippen LogP contribution in [0.15, 0.2) is 91.5 Å². The van der Waals surface area contributed by atoms with Crippen LogP contribution in [-0.2, 0) is 17.6 Å². The molecule has 1 atom stereocenters. The van der Waals surface area contributed by atoms with E-state index in [9.17, 15) is 4.79 Å². The molecule has 3 heterocycles. The zero-order valence-corrected chi connectivity index (χ0v) is 19.0. The summed E-state index contributed by atoms with van der Waals surface area (Å²) in [5, 5.41) is 6.42. The average molecular weight is 454 g/mol. The number of anilines is 1. The largest absolute Gasteiger partial charge is 0.480 e. The number of ether oxygens (including phenoxy) is 1. The van der Waals surface area contributed by atoms with E-state index in [0.29, 0.717) is 24.5 Å². The molecule has 0 aliphatic heterocycles. The fourth-order valence-corrected chi connectivity index (χ4v) is 3.65. The Morgan fingerprint density at radius 2 is 1.74 bits per heavy atom. The van der Waals surface area contributed by atoms with Gasteiger partial charge in [-0.05, 0) is 47.9 Å². The Balaban J connectivity index is 1.52. The van der Waals surface area contributed by atoms with Crippen LogP contribution in [0.4, 0.5) is 5.69 Å². The van der Waals surface area contributed by atoms with Crippen LogP contribution < -0.4 is 15.4 Å². The maximum Gasteiger partial charge on any atom is 0.241 e. The van der Waals surface area contributed by atoms with Crippen LogP contribution in [0.2, 0.25) is 0 Å². The maximum absolute atomic E-state index is 13.4. The predicted octanol–water partition coefficient (Wildman–Crippen LogP) is 3.93. The van der Waals surface area contributed by atoms with E-state index in [4.69, 9.17) is 4.74 Å². The average Bonchev–Trinajstić information content (AvgIpc) is 2.90. The third-order valence-electron chi connectivity index (χ3n) is 5.41. The molecule has 7 heteroatoms. The fourth-order valence-electron chi connectivity index (χ4n) is 3.65. The van der Waals surface area contributed by atoms with E-state index in [-0.39, 0.29) is 5.91 Å². The number of carbonyl (C=O) groups is 1. The van der Waals surface area contributed by atoms with Crippen LogP contribution in [0, 0.1) is 0 Å². The third kappa shape index (κ3) is 6.24. The zero-order valence-electron chi connectivity index (χ0n) is 19.0. The number of hydrogen-bond donors (Lipinski definition) is 2. The smallest absolute Gasteiger partial charge is 0.241 e. The van der Waals surface area contributed by atoms with E-state index in [1.165, 1.54) is 7.11 Å². The summed E-state index contributed by atoms with van der Waals surface area (Å²) in [4.78, 5) is 26.2. The monoisotopic (exact) mass is 453 g/mol. The van der Waals surface area contributed by atoms with Crippen molar-refractivity contribution >= 4 is 11.6 Å². The van der Waals surface area contributed by atoms with Crippen molar-refractivity contribution in [3.63, 3.8) is 0 Å². The molecule has 0 saturated carbocycles. The molecule has 34 heavy (non-hydrogen) atoms. The highest BCUT2D eigenvalue weighted by molar-refractivity contribution is 5.96. The van der Waals surface area contributed by atoms with Gasteiger partial charge < -0.3 is 15.4 Å². The summed E-state index contributed by atoms with van der Waals surface area (Å²) in [7, 11) is 1.54. The van der Waals surface area contributed by atoms with Gasteiger partial charge in [-0.2, -0.15) is 0 Å². The quantitative estimate of drug-likeness (QED) is 0.378. The number of hydrogen-bond acceptors (Lipinski definition) is 6. The molecule has 0 bridgehead atoms. The minimum atomic E-state index is -0.444. The topological polar surface area (TPSA) is 89.0 Å². The molecule has 4 rings (SSSR count). The van der Waals surface area contributed by atoms with Crippen LogP contribution in [0.3, 0.4) is 0 Å². The van der Waals surface area contributed by atoms with Crippen molar-refractivity contribution in [1.82, 2.24) is 20.3 Å².